The molecule has 1 heterocycles. The third-order valence-electron chi connectivity index (χ3n) is 2.25. The van der Waals surface area contributed by atoms with Crippen molar-refractivity contribution in [1.82, 2.24) is 4.98 Å². The summed E-state index contributed by atoms with van der Waals surface area (Å²) in [5.41, 5.74) is 2.37. The molecule has 0 atom stereocenters. The van der Waals surface area contributed by atoms with Gasteiger partial charge in [0.1, 0.15) is 0 Å². The Labute approximate surface area is 94.1 Å². The van der Waals surface area contributed by atoms with Crippen molar-refractivity contribution in [1.29, 1.82) is 0 Å². The van der Waals surface area contributed by atoms with Gasteiger partial charge in [0.15, 0.2) is 5.78 Å². The lowest BCUT2D eigenvalue weighted by atomic mass is 10.1. The number of para-hydroxylation sites is 1. The Kier molecular flexibility index (Phi) is 2.96. The van der Waals surface area contributed by atoms with Crippen LogP contribution in [-0.2, 0) is 0 Å². The summed E-state index contributed by atoms with van der Waals surface area (Å²) in [7, 11) is 0. The van der Waals surface area contributed by atoms with Gasteiger partial charge in [0.05, 0.1) is 11.9 Å². The summed E-state index contributed by atoms with van der Waals surface area (Å²) in [5, 5.41) is 3.17. The maximum atomic E-state index is 11.4. The van der Waals surface area contributed by atoms with Crippen molar-refractivity contribution in [2.24, 2.45) is 0 Å². The fourth-order valence-corrected chi connectivity index (χ4v) is 1.49. The van der Waals surface area contributed by atoms with Gasteiger partial charge in [-0.2, -0.15) is 0 Å². The Morgan fingerprint density at radius 3 is 2.69 bits per heavy atom. The second-order valence-corrected chi connectivity index (χ2v) is 3.47. The monoisotopic (exact) mass is 212 g/mol. The number of carbonyl (C=O) groups excluding carboxylic acids is 1. The van der Waals surface area contributed by atoms with Crippen molar-refractivity contribution in [3.8, 4) is 0 Å². The fourth-order valence-electron chi connectivity index (χ4n) is 1.49. The standard InChI is InChI=1S/C13H12N2O/c1-10(16)12-6-2-3-7-13(12)15-11-5-4-8-14-9-11/h2-9,15H,1H3. The van der Waals surface area contributed by atoms with E-state index in [4.69, 9.17) is 0 Å². The van der Waals surface area contributed by atoms with Crippen LogP contribution in [0, 0.1) is 0 Å². The molecule has 0 spiro atoms. The topological polar surface area (TPSA) is 42.0 Å². The second kappa shape index (κ2) is 4.57. The van der Waals surface area contributed by atoms with Gasteiger partial charge in [0, 0.05) is 17.4 Å². The molecule has 1 aromatic carbocycles. The molecule has 80 valence electrons. The predicted molar refractivity (Wildman–Crippen MR) is 64.0 cm³/mol. The molecule has 0 saturated carbocycles. The maximum Gasteiger partial charge on any atom is 0.161 e. The van der Waals surface area contributed by atoms with E-state index in [1.165, 1.54) is 0 Å². The minimum Gasteiger partial charge on any atom is -0.354 e. The van der Waals surface area contributed by atoms with E-state index >= 15 is 0 Å². The van der Waals surface area contributed by atoms with E-state index in [1.807, 2.05) is 30.3 Å². The van der Waals surface area contributed by atoms with Gasteiger partial charge in [-0.1, -0.05) is 12.1 Å². The summed E-state index contributed by atoms with van der Waals surface area (Å²) in [6, 6.07) is 11.2. The van der Waals surface area contributed by atoms with Crippen LogP contribution in [0.2, 0.25) is 0 Å². The van der Waals surface area contributed by atoms with Gasteiger partial charge in [-0.3, -0.25) is 9.78 Å². The van der Waals surface area contributed by atoms with Crippen molar-refractivity contribution in [3.05, 3.63) is 54.4 Å². The van der Waals surface area contributed by atoms with Crippen molar-refractivity contribution in [2.75, 3.05) is 5.32 Å². The molecule has 1 N–H and O–H groups in total. The molecule has 2 aromatic rings. The molecule has 1 aromatic heterocycles. The zero-order valence-corrected chi connectivity index (χ0v) is 8.97. The van der Waals surface area contributed by atoms with Gasteiger partial charge in [-0.05, 0) is 31.2 Å². The number of hydrogen-bond acceptors (Lipinski definition) is 3. The Hall–Kier alpha value is -2.16. The highest BCUT2D eigenvalue weighted by Gasteiger charge is 2.05. The van der Waals surface area contributed by atoms with Crippen LogP contribution in [0.15, 0.2) is 48.8 Å². The number of nitrogens with zero attached hydrogens (tertiary/aromatic N) is 1. The molecule has 0 fully saturated rings. The molecule has 0 unspecified atom stereocenters. The number of anilines is 2. The summed E-state index contributed by atoms with van der Waals surface area (Å²) in [6.45, 7) is 1.56. The smallest absolute Gasteiger partial charge is 0.161 e. The van der Waals surface area contributed by atoms with Crippen molar-refractivity contribution >= 4 is 17.2 Å². The van der Waals surface area contributed by atoms with Gasteiger partial charge < -0.3 is 5.32 Å². The van der Waals surface area contributed by atoms with Gasteiger partial charge in [0.2, 0.25) is 0 Å². The van der Waals surface area contributed by atoms with E-state index in [0.29, 0.717) is 5.56 Å². The van der Waals surface area contributed by atoms with Crippen LogP contribution in [-0.4, -0.2) is 10.8 Å². The third-order valence-corrected chi connectivity index (χ3v) is 2.25. The molecule has 0 aliphatic carbocycles. The number of carbonyl (C=O) groups is 1. The molecule has 0 aliphatic rings. The molecule has 0 radical (unpaired) electrons. The summed E-state index contributed by atoms with van der Waals surface area (Å²) in [5.74, 6) is 0.0481. The molecule has 0 amide bonds. The Morgan fingerprint density at radius 2 is 2.00 bits per heavy atom. The number of rotatable bonds is 3. The normalized spacial score (nSPS) is 9.81. The molecule has 3 heteroatoms. The summed E-state index contributed by atoms with van der Waals surface area (Å²) in [4.78, 5) is 15.4. The van der Waals surface area contributed by atoms with Crippen LogP contribution in [0.1, 0.15) is 17.3 Å². The largest absolute Gasteiger partial charge is 0.354 e. The van der Waals surface area contributed by atoms with Crippen molar-refractivity contribution in [2.45, 2.75) is 6.92 Å². The highest BCUT2D eigenvalue weighted by atomic mass is 16.1. The minimum absolute atomic E-state index is 0.0481. The van der Waals surface area contributed by atoms with Gasteiger partial charge in [-0.25, -0.2) is 0 Å². The highest BCUT2D eigenvalue weighted by Crippen LogP contribution is 2.20. The van der Waals surface area contributed by atoms with Crippen molar-refractivity contribution in [3.63, 3.8) is 0 Å². The first-order valence-electron chi connectivity index (χ1n) is 5.04. The average molecular weight is 212 g/mol. The van der Waals surface area contributed by atoms with Crippen LogP contribution in [0.4, 0.5) is 11.4 Å². The lowest BCUT2D eigenvalue weighted by molar-refractivity contribution is 0.101. The number of ketones is 1. The maximum absolute atomic E-state index is 11.4. The first-order chi connectivity index (χ1) is 7.77. The quantitative estimate of drug-likeness (QED) is 0.795. The number of hydrogen-bond donors (Lipinski definition) is 1. The number of aromatic nitrogens is 1. The van der Waals surface area contributed by atoms with E-state index in [2.05, 4.69) is 10.3 Å². The fraction of sp³-hybridized carbons (Fsp3) is 0.0769. The average Bonchev–Trinajstić information content (AvgIpc) is 2.31. The van der Waals surface area contributed by atoms with E-state index in [1.54, 1.807) is 25.4 Å². The van der Waals surface area contributed by atoms with E-state index in [-0.39, 0.29) is 5.78 Å². The van der Waals surface area contributed by atoms with E-state index in [9.17, 15) is 4.79 Å². The lowest BCUT2D eigenvalue weighted by Gasteiger charge is -2.09. The predicted octanol–water partition coefficient (Wildman–Crippen LogP) is 3.03. The molecular weight excluding hydrogens is 200 g/mol. The molecule has 16 heavy (non-hydrogen) atoms. The molecule has 0 bridgehead atoms. The van der Waals surface area contributed by atoms with Gasteiger partial charge in [0.25, 0.3) is 0 Å². The number of benzene rings is 1. The Bertz CT molecular complexity index is 494. The Morgan fingerprint density at radius 1 is 1.19 bits per heavy atom. The van der Waals surface area contributed by atoms with E-state index < -0.39 is 0 Å². The molecule has 0 aliphatic heterocycles. The zero-order valence-electron chi connectivity index (χ0n) is 8.97. The van der Waals surface area contributed by atoms with Crippen LogP contribution >= 0.6 is 0 Å². The SMILES string of the molecule is CC(=O)c1ccccc1Nc1cccnc1. The summed E-state index contributed by atoms with van der Waals surface area (Å²) in [6.07, 6.45) is 3.43. The molecule has 0 saturated heterocycles. The highest BCUT2D eigenvalue weighted by molar-refractivity contribution is 6.00. The first-order valence-corrected chi connectivity index (χ1v) is 5.04. The summed E-state index contributed by atoms with van der Waals surface area (Å²) < 4.78 is 0. The summed E-state index contributed by atoms with van der Waals surface area (Å²) >= 11 is 0. The van der Waals surface area contributed by atoms with Crippen LogP contribution in [0.5, 0.6) is 0 Å². The van der Waals surface area contributed by atoms with Crippen LogP contribution in [0.3, 0.4) is 0 Å². The van der Waals surface area contributed by atoms with Crippen LogP contribution in [0.25, 0.3) is 0 Å². The number of pyridine rings is 1. The van der Waals surface area contributed by atoms with Gasteiger partial charge >= 0.3 is 0 Å². The number of Topliss-reactive ketones (excluding diaryl/α,β-unsaturated/α-hetero) is 1. The van der Waals surface area contributed by atoms with Crippen molar-refractivity contribution < 1.29 is 4.79 Å². The van der Waals surface area contributed by atoms with Crippen LogP contribution < -0.4 is 5.32 Å². The van der Waals surface area contributed by atoms with E-state index in [0.717, 1.165) is 11.4 Å². The zero-order chi connectivity index (χ0) is 11.4. The van der Waals surface area contributed by atoms with Gasteiger partial charge in [-0.15, -0.1) is 0 Å². The second-order valence-electron chi connectivity index (χ2n) is 3.47. The lowest BCUT2D eigenvalue weighted by Crippen LogP contribution is -1.99. The molecule has 3 nitrogen and oxygen atoms in total. The Balaban J connectivity index is 2.31. The third kappa shape index (κ3) is 2.25. The number of nitrogens with one attached hydrogen (secondary N) is 1. The molecular formula is C13H12N2O. The first kappa shape index (κ1) is 10.4. The minimum atomic E-state index is 0.0481. The molecule has 2 rings (SSSR count).